The molecule has 19 heavy (non-hydrogen) atoms. The van der Waals surface area contributed by atoms with Gasteiger partial charge in [-0.05, 0) is 25.3 Å². The number of carbonyl (C=O) groups excluding carboxylic acids is 1. The van der Waals surface area contributed by atoms with Crippen LogP contribution in [0.25, 0.3) is 0 Å². The minimum atomic E-state index is -1.03. The number of aliphatic carboxylic acids is 1. The first-order chi connectivity index (χ1) is 9.13. The number of amides is 1. The Morgan fingerprint density at radius 2 is 2.00 bits per heavy atom. The van der Waals surface area contributed by atoms with E-state index in [0.717, 1.165) is 5.56 Å². The maximum Gasteiger partial charge on any atom is 0.326 e. The lowest BCUT2D eigenvalue weighted by Gasteiger charge is -2.14. The zero-order valence-electron chi connectivity index (χ0n) is 11.0. The molecule has 1 atom stereocenters. The summed E-state index contributed by atoms with van der Waals surface area (Å²) in [6, 6.07) is 8.69. The van der Waals surface area contributed by atoms with Gasteiger partial charge in [0.2, 0.25) is 5.91 Å². The Hall–Kier alpha value is -1.88. The maximum atomic E-state index is 11.4. The molecule has 2 N–H and O–H groups in total. The predicted molar refractivity (Wildman–Crippen MR) is 70.8 cm³/mol. The van der Waals surface area contributed by atoms with E-state index in [1.54, 1.807) is 6.92 Å². The lowest BCUT2D eigenvalue weighted by molar-refractivity contribution is -0.142. The first-order valence-electron chi connectivity index (χ1n) is 6.27. The molecular weight excluding hydrogens is 246 g/mol. The Morgan fingerprint density at radius 3 is 2.58 bits per heavy atom. The molecule has 0 spiro atoms. The van der Waals surface area contributed by atoms with Gasteiger partial charge in [-0.15, -0.1) is 0 Å². The number of benzene rings is 1. The molecule has 0 fully saturated rings. The van der Waals surface area contributed by atoms with Gasteiger partial charge < -0.3 is 15.2 Å². The van der Waals surface area contributed by atoms with Crippen molar-refractivity contribution in [2.75, 3.05) is 13.2 Å². The van der Waals surface area contributed by atoms with Crippen molar-refractivity contribution in [2.24, 2.45) is 0 Å². The molecule has 0 unspecified atom stereocenters. The number of hydrogen-bond acceptors (Lipinski definition) is 3. The molecule has 0 aliphatic heterocycles. The molecule has 0 radical (unpaired) electrons. The second-order valence-corrected chi connectivity index (χ2v) is 4.12. The van der Waals surface area contributed by atoms with Crippen molar-refractivity contribution in [3.63, 3.8) is 0 Å². The van der Waals surface area contributed by atoms with Gasteiger partial charge in [0.1, 0.15) is 12.6 Å². The predicted octanol–water partition coefficient (Wildman–Crippen LogP) is 1.23. The third-order valence-electron chi connectivity index (χ3n) is 2.64. The van der Waals surface area contributed by atoms with Gasteiger partial charge in [0, 0.05) is 6.61 Å². The molecule has 0 aliphatic carbocycles. The van der Waals surface area contributed by atoms with Crippen LogP contribution in [0.5, 0.6) is 0 Å². The zero-order valence-corrected chi connectivity index (χ0v) is 11.0. The number of carboxylic acid groups (broad SMARTS) is 1. The van der Waals surface area contributed by atoms with Crippen molar-refractivity contribution in [3.8, 4) is 0 Å². The summed E-state index contributed by atoms with van der Waals surface area (Å²) in [7, 11) is 0. The maximum absolute atomic E-state index is 11.4. The molecule has 0 aliphatic rings. The Bertz CT molecular complexity index is 405. The fourth-order valence-electron chi connectivity index (χ4n) is 1.64. The van der Waals surface area contributed by atoms with Crippen LogP contribution in [0.15, 0.2) is 30.3 Å². The van der Waals surface area contributed by atoms with Gasteiger partial charge in [-0.3, -0.25) is 4.79 Å². The van der Waals surface area contributed by atoms with Crippen molar-refractivity contribution in [2.45, 2.75) is 25.8 Å². The summed E-state index contributed by atoms with van der Waals surface area (Å²) in [5, 5.41) is 11.5. The lowest BCUT2D eigenvalue weighted by Crippen LogP contribution is -2.42. The van der Waals surface area contributed by atoms with Gasteiger partial charge >= 0.3 is 5.97 Å². The Morgan fingerprint density at radius 1 is 1.32 bits per heavy atom. The molecular formula is C14H19NO4. The standard InChI is InChI=1S/C14H19NO4/c1-2-19-10-13(16)15-12(14(17)18)9-8-11-6-4-3-5-7-11/h3-7,12H,2,8-10H2,1H3,(H,15,16)(H,17,18)/t12-/m0/s1. The first-order valence-corrected chi connectivity index (χ1v) is 6.27. The van der Waals surface area contributed by atoms with Crippen LogP contribution >= 0.6 is 0 Å². The van der Waals surface area contributed by atoms with Crippen LogP contribution in [0, 0.1) is 0 Å². The molecule has 0 heterocycles. The molecule has 0 aromatic heterocycles. The zero-order chi connectivity index (χ0) is 14.1. The van der Waals surface area contributed by atoms with Crippen LogP contribution in [0.4, 0.5) is 0 Å². The van der Waals surface area contributed by atoms with Gasteiger partial charge in [0.25, 0.3) is 0 Å². The number of carbonyl (C=O) groups is 2. The average Bonchev–Trinajstić information content (AvgIpc) is 2.42. The van der Waals surface area contributed by atoms with E-state index in [-0.39, 0.29) is 6.61 Å². The van der Waals surface area contributed by atoms with E-state index in [1.165, 1.54) is 0 Å². The van der Waals surface area contributed by atoms with Crippen LogP contribution in [-0.2, 0) is 20.7 Å². The van der Waals surface area contributed by atoms with Crippen LogP contribution in [-0.4, -0.2) is 36.2 Å². The van der Waals surface area contributed by atoms with Crippen molar-refractivity contribution in [1.29, 1.82) is 0 Å². The Kier molecular flexibility index (Phi) is 6.60. The van der Waals surface area contributed by atoms with Crippen molar-refractivity contribution in [1.82, 2.24) is 5.32 Å². The van der Waals surface area contributed by atoms with E-state index in [4.69, 9.17) is 9.84 Å². The van der Waals surface area contributed by atoms with Gasteiger partial charge in [-0.25, -0.2) is 4.79 Å². The van der Waals surface area contributed by atoms with E-state index in [2.05, 4.69) is 5.32 Å². The van der Waals surface area contributed by atoms with Crippen molar-refractivity contribution < 1.29 is 19.4 Å². The number of rotatable bonds is 8. The normalized spacial score (nSPS) is 11.8. The van der Waals surface area contributed by atoms with Gasteiger partial charge in [-0.1, -0.05) is 30.3 Å². The van der Waals surface area contributed by atoms with Crippen LogP contribution < -0.4 is 5.32 Å². The smallest absolute Gasteiger partial charge is 0.326 e. The molecule has 5 heteroatoms. The number of nitrogens with one attached hydrogen (secondary N) is 1. The van der Waals surface area contributed by atoms with E-state index in [1.807, 2.05) is 30.3 Å². The highest BCUT2D eigenvalue weighted by atomic mass is 16.5. The monoisotopic (exact) mass is 265 g/mol. The summed E-state index contributed by atoms with van der Waals surface area (Å²) in [5.74, 6) is -1.43. The quantitative estimate of drug-likeness (QED) is 0.741. The highest BCUT2D eigenvalue weighted by Crippen LogP contribution is 2.05. The summed E-state index contributed by atoms with van der Waals surface area (Å²) in [4.78, 5) is 22.5. The summed E-state index contributed by atoms with van der Waals surface area (Å²) in [6.45, 7) is 2.10. The minimum Gasteiger partial charge on any atom is -0.480 e. The van der Waals surface area contributed by atoms with E-state index >= 15 is 0 Å². The van der Waals surface area contributed by atoms with Gasteiger partial charge in [-0.2, -0.15) is 0 Å². The highest BCUT2D eigenvalue weighted by molar-refractivity contribution is 5.84. The van der Waals surface area contributed by atoms with E-state index in [9.17, 15) is 9.59 Å². The highest BCUT2D eigenvalue weighted by Gasteiger charge is 2.19. The van der Waals surface area contributed by atoms with Gasteiger partial charge in [0.15, 0.2) is 0 Å². The SMILES string of the molecule is CCOCC(=O)N[C@@H](CCc1ccccc1)C(=O)O. The second kappa shape index (κ2) is 8.26. The van der Waals surface area contributed by atoms with Crippen molar-refractivity contribution >= 4 is 11.9 Å². The minimum absolute atomic E-state index is 0.106. The molecule has 104 valence electrons. The van der Waals surface area contributed by atoms with E-state index < -0.39 is 17.9 Å². The van der Waals surface area contributed by atoms with Gasteiger partial charge in [0.05, 0.1) is 0 Å². The number of aryl methyl sites for hydroxylation is 1. The molecule has 0 saturated heterocycles. The molecule has 1 amide bonds. The number of carboxylic acids is 1. The lowest BCUT2D eigenvalue weighted by atomic mass is 10.1. The summed E-state index contributed by atoms with van der Waals surface area (Å²) in [5.41, 5.74) is 1.05. The third-order valence-corrected chi connectivity index (χ3v) is 2.64. The molecule has 1 rings (SSSR count). The summed E-state index contributed by atoms with van der Waals surface area (Å²) >= 11 is 0. The Labute approximate surface area is 112 Å². The third kappa shape index (κ3) is 6.01. The number of hydrogen-bond donors (Lipinski definition) is 2. The van der Waals surface area contributed by atoms with Crippen LogP contribution in [0.3, 0.4) is 0 Å². The van der Waals surface area contributed by atoms with Crippen LogP contribution in [0.1, 0.15) is 18.9 Å². The fourth-order valence-corrected chi connectivity index (χ4v) is 1.64. The molecule has 0 saturated carbocycles. The molecule has 1 aromatic rings. The van der Waals surface area contributed by atoms with Crippen molar-refractivity contribution in [3.05, 3.63) is 35.9 Å². The molecule has 1 aromatic carbocycles. The first kappa shape index (κ1) is 15.2. The van der Waals surface area contributed by atoms with Crippen LogP contribution in [0.2, 0.25) is 0 Å². The Balaban J connectivity index is 2.45. The summed E-state index contributed by atoms with van der Waals surface area (Å²) in [6.07, 6.45) is 0.962. The number of ether oxygens (including phenoxy) is 1. The molecule has 5 nitrogen and oxygen atoms in total. The largest absolute Gasteiger partial charge is 0.480 e. The summed E-state index contributed by atoms with van der Waals surface area (Å²) < 4.78 is 4.93. The molecule has 0 bridgehead atoms. The average molecular weight is 265 g/mol. The fraction of sp³-hybridized carbons (Fsp3) is 0.429. The second-order valence-electron chi connectivity index (χ2n) is 4.12. The topological polar surface area (TPSA) is 75.6 Å². The van der Waals surface area contributed by atoms with E-state index in [0.29, 0.717) is 19.4 Å².